The maximum Gasteiger partial charge on any atom is 0.343 e. The number of aromatic nitrogens is 8. The van der Waals surface area contributed by atoms with E-state index in [9.17, 15) is 9.59 Å². The van der Waals surface area contributed by atoms with Crippen molar-refractivity contribution in [2.45, 2.75) is 13.8 Å². The highest BCUT2D eigenvalue weighted by atomic mass is 16.5. The third kappa shape index (κ3) is 4.17. The molecule has 0 aliphatic rings. The molecule has 0 saturated carbocycles. The second-order valence-electron chi connectivity index (χ2n) is 8.78. The molecule has 0 spiro atoms. The summed E-state index contributed by atoms with van der Waals surface area (Å²) >= 11 is 0. The van der Waals surface area contributed by atoms with Gasteiger partial charge in [0.05, 0.1) is 30.4 Å². The predicted molar refractivity (Wildman–Crippen MR) is 142 cm³/mol. The van der Waals surface area contributed by atoms with Crippen LogP contribution in [0.15, 0.2) is 67.3 Å². The SMILES string of the molecule is CCOC(=O)c1cnn2c(-c3cccc(NC(=O)c4cc5nccc(-c6cnn(C)c6C)n5n4)c3)ccnc12. The first kappa shape index (κ1) is 24.0. The van der Waals surface area contributed by atoms with Crippen LogP contribution < -0.4 is 5.32 Å². The number of hydrogen-bond acceptors (Lipinski definition) is 8. The standard InChI is InChI=1S/C27H23N9O3/c1-4-39-27(38)20-15-31-36-22(8-11-29-25(20)36)17-6-5-7-18(12-17)32-26(37)21-13-24-28-10-9-23(35(24)33-21)19-14-30-34(3)16(19)2/h5-15H,4H2,1-3H3,(H,32,37). The molecule has 0 radical (unpaired) electrons. The van der Waals surface area contributed by atoms with Crippen LogP contribution in [0.25, 0.3) is 33.8 Å². The molecule has 12 heteroatoms. The number of carbonyl (C=O) groups is 2. The van der Waals surface area contributed by atoms with Gasteiger partial charge in [-0.05, 0) is 38.1 Å². The number of carbonyl (C=O) groups excluding carboxylic acids is 2. The quantitative estimate of drug-likeness (QED) is 0.329. The summed E-state index contributed by atoms with van der Waals surface area (Å²) in [4.78, 5) is 34.1. The van der Waals surface area contributed by atoms with E-state index in [1.165, 1.54) is 6.20 Å². The van der Waals surface area contributed by atoms with Crippen LogP contribution in [0.1, 0.15) is 33.5 Å². The molecule has 1 amide bonds. The van der Waals surface area contributed by atoms with Gasteiger partial charge < -0.3 is 10.1 Å². The minimum absolute atomic E-state index is 0.222. The fourth-order valence-electron chi connectivity index (χ4n) is 4.37. The fourth-order valence-corrected chi connectivity index (χ4v) is 4.37. The molecule has 1 N–H and O–H groups in total. The smallest absolute Gasteiger partial charge is 0.343 e. The highest BCUT2D eigenvalue weighted by molar-refractivity contribution is 6.04. The first-order valence-electron chi connectivity index (χ1n) is 12.2. The Bertz CT molecular complexity index is 1880. The van der Waals surface area contributed by atoms with Crippen LogP contribution in [0.4, 0.5) is 5.69 Å². The predicted octanol–water partition coefficient (Wildman–Crippen LogP) is 3.58. The second-order valence-corrected chi connectivity index (χ2v) is 8.78. The molecule has 0 bridgehead atoms. The zero-order valence-electron chi connectivity index (χ0n) is 21.4. The van der Waals surface area contributed by atoms with Crippen LogP contribution in [-0.4, -0.2) is 57.5 Å². The third-order valence-corrected chi connectivity index (χ3v) is 6.41. The average Bonchev–Trinajstić information content (AvgIpc) is 3.66. The summed E-state index contributed by atoms with van der Waals surface area (Å²) in [5.41, 5.74) is 6.12. The van der Waals surface area contributed by atoms with Crippen LogP contribution in [0, 0.1) is 6.92 Å². The molecule has 0 aliphatic heterocycles. The van der Waals surface area contributed by atoms with E-state index in [1.54, 1.807) is 57.4 Å². The van der Waals surface area contributed by atoms with Gasteiger partial charge >= 0.3 is 5.97 Å². The molecular weight excluding hydrogens is 498 g/mol. The highest BCUT2D eigenvalue weighted by Crippen LogP contribution is 2.26. The number of rotatable bonds is 6. The second kappa shape index (κ2) is 9.49. The van der Waals surface area contributed by atoms with Crippen LogP contribution in [0.3, 0.4) is 0 Å². The topological polar surface area (TPSA) is 134 Å². The van der Waals surface area contributed by atoms with Crippen molar-refractivity contribution in [3.05, 3.63) is 84.2 Å². The number of benzene rings is 1. The van der Waals surface area contributed by atoms with Crippen LogP contribution >= 0.6 is 0 Å². The minimum Gasteiger partial charge on any atom is -0.462 e. The number of fused-ring (bicyclic) bond motifs is 2. The summed E-state index contributed by atoms with van der Waals surface area (Å²) < 4.78 is 10.1. The van der Waals surface area contributed by atoms with E-state index in [-0.39, 0.29) is 23.8 Å². The summed E-state index contributed by atoms with van der Waals surface area (Å²) in [5, 5.41) is 16.1. The van der Waals surface area contributed by atoms with Gasteiger partial charge in [-0.15, -0.1) is 0 Å². The molecule has 194 valence electrons. The summed E-state index contributed by atoms with van der Waals surface area (Å²) in [6.07, 6.45) is 6.49. The van der Waals surface area contributed by atoms with E-state index in [2.05, 4.69) is 30.6 Å². The molecule has 5 heterocycles. The van der Waals surface area contributed by atoms with Crippen molar-refractivity contribution in [3.63, 3.8) is 0 Å². The van der Waals surface area contributed by atoms with Gasteiger partial charge in [0.2, 0.25) is 0 Å². The van der Waals surface area contributed by atoms with Crippen molar-refractivity contribution in [1.29, 1.82) is 0 Å². The van der Waals surface area contributed by atoms with Crippen molar-refractivity contribution >= 4 is 28.9 Å². The van der Waals surface area contributed by atoms with E-state index in [0.717, 1.165) is 22.5 Å². The van der Waals surface area contributed by atoms with Gasteiger partial charge in [-0.3, -0.25) is 9.48 Å². The highest BCUT2D eigenvalue weighted by Gasteiger charge is 2.19. The van der Waals surface area contributed by atoms with Crippen molar-refractivity contribution < 1.29 is 14.3 Å². The third-order valence-electron chi connectivity index (χ3n) is 6.41. The van der Waals surface area contributed by atoms with Gasteiger partial charge in [0.1, 0.15) is 5.56 Å². The minimum atomic E-state index is -0.484. The molecule has 6 rings (SSSR count). The zero-order chi connectivity index (χ0) is 27.1. The first-order valence-corrected chi connectivity index (χ1v) is 12.2. The number of ether oxygens (including phenoxy) is 1. The lowest BCUT2D eigenvalue weighted by molar-refractivity contribution is 0.0528. The molecule has 5 aromatic heterocycles. The van der Waals surface area contributed by atoms with E-state index in [4.69, 9.17) is 4.74 Å². The number of hydrogen-bond donors (Lipinski definition) is 1. The number of nitrogens with one attached hydrogen (secondary N) is 1. The molecule has 0 saturated heterocycles. The monoisotopic (exact) mass is 521 g/mol. The Morgan fingerprint density at radius 1 is 0.974 bits per heavy atom. The van der Waals surface area contributed by atoms with Gasteiger partial charge in [0.15, 0.2) is 17.0 Å². The summed E-state index contributed by atoms with van der Waals surface area (Å²) in [7, 11) is 1.87. The molecule has 39 heavy (non-hydrogen) atoms. The Labute approximate surface area is 221 Å². The van der Waals surface area contributed by atoms with Crippen molar-refractivity contribution in [3.8, 4) is 22.5 Å². The molecule has 0 fully saturated rings. The van der Waals surface area contributed by atoms with E-state index in [1.807, 2.05) is 38.2 Å². The van der Waals surface area contributed by atoms with Gasteiger partial charge in [-0.25, -0.2) is 23.8 Å². The van der Waals surface area contributed by atoms with Crippen LogP contribution in [0.2, 0.25) is 0 Å². The molecule has 0 atom stereocenters. The van der Waals surface area contributed by atoms with E-state index >= 15 is 0 Å². The van der Waals surface area contributed by atoms with E-state index < -0.39 is 5.97 Å². The molecular formula is C27H23N9O3. The molecule has 1 aromatic carbocycles. The van der Waals surface area contributed by atoms with Crippen molar-refractivity contribution in [2.24, 2.45) is 7.05 Å². The summed E-state index contributed by atoms with van der Waals surface area (Å²) in [6, 6.07) is 12.6. The lowest BCUT2D eigenvalue weighted by Crippen LogP contribution is -2.13. The van der Waals surface area contributed by atoms with Gasteiger partial charge in [0.25, 0.3) is 5.91 Å². The average molecular weight is 522 g/mol. The zero-order valence-corrected chi connectivity index (χ0v) is 21.4. The first-order chi connectivity index (χ1) is 18.9. The lowest BCUT2D eigenvalue weighted by atomic mass is 10.1. The van der Waals surface area contributed by atoms with Crippen LogP contribution in [-0.2, 0) is 11.8 Å². The number of amides is 1. The van der Waals surface area contributed by atoms with E-state index in [0.29, 0.717) is 22.7 Å². The van der Waals surface area contributed by atoms with Crippen LogP contribution in [0.5, 0.6) is 0 Å². The van der Waals surface area contributed by atoms with Gasteiger partial charge in [0, 0.05) is 48.0 Å². The normalized spacial score (nSPS) is 11.3. The largest absolute Gasteiger partial charge is 0.462 e. The van der Waals surface area contributed by atoms with Gasteiger partial charge in [-0.1, -0.05) is 12.1 Å². The lowest BCUT2D eigenvalue weighted by Gasteiger charge is -2.08. The Morgan fingerprint density at radius 3 is 2.59 bits per heavy atom. The number of nitrogens with zero attached hydrogens (tertiary/aromatic N) is 8. The molecule has 0 unspecified atom stereocenters. The van der Waals surface area contributed by atoms with Crippen molar-refractivity contribution in [2.75, 3.05) is 11.9 Å². The number of anilines is 1. The number of esters is 1. The summed E-state index contributed by atoms with van der Waals surface area (Å²) in [5.74, 6) is -0.864. The maximum absolute atomic E-state index is 13.2. The van der Waals surface area contributed by atoms with Crippen molar-refractivity contribution in [1.82, 2.24) is 39.0 Å². The fraction of sp³-hybridized carbons (Fsp3) is 0.148. The molecule has 0 aliphatic carbocycles. The Hall–Kier alpha value is -5.39. The summed E-state index contributed by atoms with van der Waals surface area (Å²) in [6.45, 7) is 3.96. The number of aryl methyl sites for hydroxylation is 1. The van der Waals surface area contributed by atoms with Gasteiger partial charge in [-0.2, -0.15) is 15.3 Å². The molecule has 6 aromatic rings. The molecule has 12 nitrogen and oxygen atoms in total. The Balaban J connectivity index is 1.30. The Kier molecular flexibility index (Phi) is 5.83. The Morgan fingerprint density at radius 2 is 1.79 bits per heavy atom. The maximum atomic E-state index is 13.2.